The van der Waals surface area contributed by atoms with Crippen LogP contribution in [0.2, 0.25) is 0 Å². The summed E-state index contributed by atoms with van der Waals surface area (Å²) >= 11 is 0. The third-order valence-electron chi connectivity index (χ3n) is 4.22. The van der Waals surface area contributed by atoms with Gasteiger partial charge in [-0.25, -0.2) is 9.67 Å². The lowest BCUT2D eigenvalue weighted by Crippen LogP contribution is -2.38. The summed E-state index contributed by atoms with van der Waals surface area (Å²) in [7, 11) is 1.62. The highest BCUT2D eigenvalue weighted by Crippen LogP contribution is 2.34. The summed E-state index contributed by atoms with van der Waals surface area (Å²) in [6.07, 6.45) is -3.72. The van der Waals surface area contributed by atoms with Gasteiger partial charge in [-0.3, -0.25) is 0 Å². The van der Waals surface area contributed by atoms with Crippen LogP contribution >= 0.6 is 0 Å². The molecule has 2 rings (SSSR count). The number of guanidine groups is 1. The van der Waals surface area contributed by atoms with Crippen LogP contribution in [0, 0.1) is 13.8 Å². The van der Waals surface area contributed by atoms with Crippen LogP contribution in [-0.2, 0) is 17.5 Å². The van der Waals surface area contributed by atoms with Crippen LogP contribution in [-0.4, -0.2) is 42.5 Å². The van der Waals surface area contributed by atoms with E-state index in [1.54, 1.807) is 20.1 Å². The fourth-order valence-electron chi connectivity index (χ4n) is 2.92. The van der Waals surface area contributed by atoms with Crippen molar-refractivity contribution in [2.75, 3.05) is 26.8 Å². The summed E-state index contributed by atoms with van der Waals surface area (Å²) < 4.78 is 47.6. The van der Waals surface area contributed by atoms with Crippen molar-refractivity contribution in [3.63, 3.8) is 0 Å². The first-order valence-corrected chi connectivity index (χ1v) is 9.51. The molecule has 0 atom stereocenters. The van der Waals surface area contributed by atoms with E-state index in [9.17, 15) is 13.2 Å². The molecule has 0 saturated heterocycles. The van der Waals surface area contributed by atoms with Gasteiger partial charge in [-0.2, -0.15) is 18.3 Å². The van der Waals surface area contributed by atoms with E-state index in [1.165, 1.54) is 10.7 Å². The van der Waals surface area contributed by atoms with Crippen molar-refractivity contribution in [1.82, 2.24) is 20.4 Å². The predicted molar refractivity (Wildman–Crippen MR) is 107 cm³/mol. The number of aryl methyl sites for hydroxylation is 2. The molecule has 29 heavy (non-hydrogen) atoms. The molecular formula is C20H28F3N5O. The van der Waals surface area contributed by atoms with Crippen LogP contribution < -0.4 is 10.6 Å². The summed E-state index contributed by atoms with van der Waals surface area (Å²) in [5.74, 6) is 0.472. The molecule has 9 heteroatoms. The molecule has 1 aromatic carbocycles. The SMILES string of the molecule is CCNC(=NCc1ccc(-n2nc(C)cc2C)cc1C(F)(F)F)NCCCOC. The largest absolute Gasteiger partial charge is 0.416 e. The Morgan fingerprint density at radius 1 is 1.21 bits per heavy atom. The molecular weight excluding hydrogens is 383 g/mol. The van der Waals surface area contributed by atoms with Crippen LogP contribution in [0.15, 0.2) is 29.3 Å². The van der Waals surface area contributed by atoms with E-state index in [-0.39, 0.29) is 12.1 Å². The van der Waals surface area contributed by atoms with Crippen molar-refractivity contribution in [3.8, 4) is 5.69 Å². The van der Waals surface area contributed by atoms with Gasteiger partial charge in [0, 0.05) is 32.5 Å². The number of hydrogen-bond acceptors (Lipinski definition) is 3. The Balaban J connectivity index is 2.27. The maximum Gasteiger partial charge on any atom is 0.416 e. The van der Waals surface area contributed by atoms with E-state index in [0.717, 1.165) is 23.9 Å². The van der Waals surface area contributed by atoms with Gasteiger partial charge >= 0.3 is 6.18 Å². The Morgan fingerprint density at radius 2 is 1.97 bits per heavy atom. The normalized spacial score (nSPS) is 12.3. The van der Waals surface area contributed by atoms with Gasteiger partial charge < -0.3 is 15.4 Å². The lowest BCUT2D eigenvalue weighted by Gasteiger charge is -2.15. The van der Waals surface area contributed by atoms with Crippen LogP contribution in [0.1, 0.15) is 35.9 Å². The number of halogens is 3. The molecule has 0 aliphatic heterocycles. The smallest absolute Gasteiger partial charge is 0.385 e. The maximum absolute atomic E-state index is 13.7. The maximum atomic E-state index is 13.7. The standard InChI is InChI=1S/C20H28F3N5O/c1-5-24-19(25-9-6-10-29-4)26-13-16-7-8-17(12-18(16)20(21,22)23)28-15(3)11-14(2)27-28/h7-8,11-12H,5-6,9-10,13H2,1-4H3,(H2,24,25,26). The molecule has 1 aromatic heterocycles. The summed E-state index contributed by atoms with van der Waals surface area (Å²) in [5, 5.41) is 10.4. The zero-order chi connectivity index (χ0) is 21.4. The van der Waals surface area contributed by atoms with E-state index in [4.69, 9.17) is 4.74 Å². The number of alkyl halides is 3. The van der Waals surface area contributed by atoms with Gasteiger partial charge in [-0.05, 0) is 51.0 Å². The van der Waals surface area contributed by atoms with Crippen LogP contribution in [0.25, 0.3) is 5.69 Å². The Labute approximate surface area is 169 Å². The van der Waals surface area contributed by atoms with Crippen molar-refractivity contribution in [1.29, 1.82) is 0 Å². The minimum atomic E-state index is -4.48. The Bertz CT molecular complexity index is 830. The zero-order valence-corrected chi connectivity index (χ0v) is 17.2. The Morgan fingerprint density at radius 3 is 2.55 bits per heavy atom. The molecule has 0 aliphatic rings. The first-order valence-electron chi connectivity index (χ1n) is 9.51. The summed E-state index contributed by atoms with van der Waals surface area (Å²) in [4.78, 5) is 4.31. The number of hydrogen-bond donors (Lipinski definition) is 2. The second-order valence-electron chi connectivity index (χ2n) is 6.65. The Hall–Kier alpha value is -2.55. The fourth-order valence-corrected chi connectivity index (χ4v) is 2.92. The number of methoxy groups -OCH3 is 1. The van der Waals surface area contributed by atoms with E-state index in [0.29, 0.717) is 31.3 Å². The van der Waals surface area contributed by atoms with Crippen molar-refractivity contribution in [3.05, 3.63) is 46.8 Å². The highest BCUT2D eigenvalue weighted by molar-refractivity contribution is 5.79. The summed E-state index contributed by atoms with van der Waals surface area (Å²) in [5.41, 5.74) is 1.30. The van der Waals surface area contributed by atoms with Gasteiger partial charge in [0.25, 0.3) is 0 Å². The van der Waals surface area contributed by atoms with E-state index < -0.39 is 11.7 Å². The van der Waals surface area contributed by atoms with Gasteiger partial charge in [0.1, 0.15) is 0 Å². The quantitative estimate of drug-likeness (QED) is 0.396. The first-order chi connectivity index (χ1) is 13.8. The second-order valence-corrected chi connectivity index (χ2v) is 6.65. The van der Waals surface area contributed by atoms with Crippen LogP contribution in [0.4, 0.5) is 13.2 Å². The predicted octanol–water partition coefficient (Wildman–Crippen LogP) is 3.60. The van der Waals surface area contributed by atoms with Gasteiger partial charge in [-0.15, -0.1) is 0 Å². The van der Waals surface area contributed by atoms with E-state index >= 15 is 0 Å². The monoisotopic (exact) mass is 411 g/mol. The zero-order valence-electron chi connectivity index (χ0n) is 17.2. The average molecular weight is 411 g/mol. The number of rotatable bonds is 8. The molecule has 0 bridgehead atoms. The van der Waals surface area contributed by atoms with Crippen LogP contribution in [0.5, 0.6) is 0 Å². The third kappa shape index (κ3) is 6.49. The lowest BCUT2D eigenvalue weighted by atomic mass is 10.1. The molecule has 0 amide bonds. The van der Waals surface area contributed by atoms with Crippen molar-refractivity contribution in [2.45, 2.75) is 39.9 Å². The molecule has 160 valence electrons. The van der Waals surface area contributed by atoms with E-state index in [2.05, 4.69) is 20.7 Å². The van der Waals surface area contributed by atoms with Crippen molar-refractivity contribution < 1.29 is 17.9 Å². The van der Waals surface area contributed by atoms with Crippen LogP contribution in [0.3, 0.4) is 0 Å². The number of ether oxygens (including phenoxy) is 1. The highest BCUT2D eigenvalue weighted by atomic mass is 19.4. The number of nitrogens with one attached hydrogen (secondary N) is 2. The Kier molecular flexibility index (Phi) is 8.07. The second kappa shape index (κ2) is 10.3. The van der Waals surface area contributed by atoms with Gasteiger partial charge in [0.2, 0.25) is 0 Å². The first kappa shape index (κ1) is 22.7. The lowest BCUT2D eigenvalue weighted by molar-refractivity contribution is -0.138. The average Bonchev–Trinajstić information content (AvgIpc) is 3.00. The molecule has 6 nitrogen and oxygen atoms in total. The van der Waals surface area contributed by atoms with Crippen molar-refractivity contribution >= 4 is 5.96 Å². The van der Waals surface area contributed by atoms with Gasteiger partial charge in [-0.1, -0.05) is 6.07 Å². The number of nitrogens with zero attached hydrogens (tertiary/aromatic N) is 3. The topological polar surface area (TPSA) is 63.5 Å². The molecule has 0 saturated carbocycles. The third-order valence-corrected chi connectivity index (χ3v) is 4.22. The van der Waals surface area contributed by atoms with Crippen molar-refractivity contribution in [2.24, 2.45) is 4.99 Å². The van der Waals surface area contributed by atoms with Gasteiger partial charge in [0.15, 0.2) is 5.96 Å². The number of benzene rings is 1. The molecule has 0 aliphatic carbocycles. The highest BCUT2D eigenvalue weighted by Gasteiger charge is 2.33. The minimum absolute atomic E-state index is 0.0914. The minimum Gasteiger partial charge on any atom is -0.385 e. The molecule has 2 N–H and O–H groups in total. The number of aromatic nitrogens is 2. The van der Waals surface area contributed by atoms with E-state index in [1.807, 2.05) is 19.9 Å². The molecule has 0 spiro atoms. The molecule has 0 fully saturated rings. The summed E-state index contributed by atoms with van der Waals surface area (Å²) in [6.45, 7) is 7.24. The molecule has 2 aromatic rings. The molecule has 0 unspecified atom stereocenters. The molecule has 1 heterocycles. The number of aliphatic imine (C=N–C) groups is 1. The molecule has 0 radical (unpaired) electrons. The van der Waals surface area contributed by atoms with Gasteiger partial charge in [0.05, 0.1) is 23.5 Å². The fraction of sp³-hybridized carbons (Fsp3) is 0.500. The summed E-state index contributed by atoms with van der Waals surface area (Å²) in [6, 6.07) is 6.05.